The molecule has 0 unspecified atom stereocenters. The Morgan fingerprint density at radius 3 is 2.77 bits per heavy atom. The maximum absolute atomic E-state index is 11.9. The summed E-state index contributed by atoms with van der Waals surface area (Å²) in [7, 11) is 3.27. The molecule has 0 spiro atoms. The second-order valence-corrected chi connectivity index (χ2v) is 11.1. The molecule has 0 amide bonds. The highest BCUT2D eigenvalue weighted by atomic mass is 35.5. The molecule has 10 heteroatoms. The van der Waals surface area contributed by atoms with E-state index in [1.54, 1.807) is 39.1 Å². The number of esters is 1. The van der Waals surface area contributed by atoms with Crippen LogP contribution in [0.5, 0.6) is 11.5 Å². The number of thioether (sulfide) groups is 1. The first-order valence-corrected chi connectivity index (χ1v) is 13.5. The molecule has 1 aliphatic heterocycles. The third-order valence-electron chi connectivity index (χ3n) is 5.45. The van der Waals surface area contributed by atoms with Crippen molar-refractivity contribution in [3.63, 3.8) is 0 Å². The molecule has 2 heterocycles. The fourth-order valence-electron chi connectivity index (χ4n) is 3.91. The quantitative estimate of drug-likeness (QED) is 0.267. The number of ether oxygens (including phenoxy) is 3. The van der Waals surface area contributed by atoms with Gasteiger partial charge in [0.05, 0.1) is 47.7 Å². The van der Waals surface area contributed by atoms with Crippen LogP contribution >= 0.6 is 46.9 Å². The number of nitrogens with zero attached hydrogens (tertiary/aromatic N) is 1. The number of carbonyl (C=O) groups excluding carboxylic acids is 1. The third kappa shape index (κ3) is 5.91. The van der Waals surface area contributed by atoms with Gasteiger partial charge in [0, 0.05) is 33.8 Å². The van der Waals surface area contributed by atoms with Crippen LogP contribution in [0.25, 0.3) is 0 Å². The molecule has 0 aliphatic carbocycles. The van der Waals surface area contributed by atoms with E-state index in [9.17, 15) is 4.79 Å². The average Bonchev–Trinajstić information content (AvgIpc) is 3.23. The smallest absolute Gasteiger partial charge is 0.311 e. The van der Waals surface area contributed by atoms with Gasteiger partial charge >= 0.3 is 5.97 Å². The van der Waals surface area contributed by atoms with E-state index < -0.39 is 0 Å². The highest BCUT2D eigenvalue weighted by Crippen LogP contribution is 2.50. The maximum atomic E-state index is 11.9. The van der Waals surface area contributed by atoms with Gasteiger partial charge in [-0.25, -0.2) is 4.98 Å². The Bertz CT molecular complexity index is 1230. The van der Waals surface area contributed by atoms with Gasteiger partial charge < -0.3 is 19.5 Å². The lowest BCUT2D eigenvalue weighted by atomic mass is 10.0. The van der Waals surface area contributed by atoms with Gasteiger partial charge in [0.15, 0.2) is 11.5 Å². The molecule has 2 aromatic carbocycles. The van der Waals surface area contributed by atoms with Crippen molar-refractivity contribution in [3.05, 3.63) is 68.6 Å². The largest absolute Gasteiger partial charge is 0.493 e. The summed E-state index contributed by atoms with van der Waals surface area (Å²) in [5.74, 6) is 1.09. The molecular formula is C25H25ClN2O4S3. The Kier molecular flexibility index (Phi) is 8.54. The second kappa shape index (κ2) is 11.6. The van der Waals surface area contributed by atoms with Crippen molar-refractivity contribution in [2.75, 3.05) is 26.1 Å². The first-order chi connectivity index (χ1) is 16.9. The van der Waals surface area contributed by atoms with Crippen molar-refractivity contribution in [2.45, 2.75) is 30.3 Å². The van der Waals surface area contributed by atoms with E-state index in [-0.39, 0.29) is 22.9 Å². The van der Waals surface area contributed by atoms with Crippen LogP contribution < -0.4 is 14.8 Å². The van der Waals surface area contributed by atoms with Gasteiger partial charge in [0.25, 0.3) is 0 Å². The fraction of sp³-hybridized carbons (Fsp3) is 0.320. The van der Waals surface area contributed by atoms with E-state index in [1.807, 2.05) is 36.4 Å². The van der Waals surface area contributed by atoms with Gasteiger partial charge in [-0.1, -0.05) is 36.0 Å². The van der Waals surface area contributed by atoms with E-state index in [1.165, 1.54) is 11.3 Å². The van der Waals surface area contributed by atoms with Crippen LogP contribution in [0, 0.1) is 0 Å². The van der Waals surface area contributed by atoms with Gasteiger partial charge in [-0.3, -0.25) is 4.79 Å². The van der Waals surface area contributed by atoms with E-state index in [4.69, 9.17) is 38.0 Å². The highest BCUT2D eigenvalue weighted by molar-refractivity contribution is 8.02. The Balaban J connectivity index is 1.68. The molecule has 2 atom stereocenters. The topological polar surface area (TPSA) is 69.7 Å². The van der Waals surface area contributed by atoms with Crippen molar-refractivity contribution in [1.82, 2.24) is 4.98 Å². The molecule has 6 nitrogen and oxygen atoms in total. The number of rotatable bonds is 8. The number of halogens is 1. The monoisotopic (exact) mass is 548 g/mol. The van der Waals surface area contributed by atoms with Crippen molar-refractivity contribution in [2.24, 2.45) is 0 Å². The zero-order valence-corrected chi connectivity index (χ0v) is 22.7. The number of methoxy groups -OCH3 is 2. The van der Waals surface area contributed by atoms with Crippen LogP contribution in [0.4, 0.5) is 5.69 Å². The van der Waals surface area contributed by atoms with Crippen LogP contribution in [0.2, 0.25) is 5.02 Å². The Labute approximate surface area is 223 Å². The minimum Gasteiger partial charge on any atom is -0.493 e. The summed E-state index contributed by atoms with van der Waals surface area (Å²) in [6.45, 7) is 2.16. The van der Waals surface area contributed by atoms with Gasteiger partial charge in [-0.2, -0.15) is 0 Å². The van der Waals surface area contributed by atoms with E-state index in [2.05, 4.69) is 10.3 Å². The number of anilines is 1. The molecule has 184 valence electrons. The number of hydrogen-bond acceptors (Lipinski definition) is 8. The zero-order valence-electron chi connectivity index (χ0n) is 19.5. The number of carbonyl (C=O) groups is 1. The first-order valence-electron chi connectivity index (χ1n) is 11.0. The Morgan fingerprint density at radius 1 is 1.20 bits per heavy atom. The number of fused-ring (bicyclic) bond motifs is 1. The summed E-state index contributed by atoms with van der Waals surface area (Å²) in [4.78, 5) is 18.0. The molecule has 1 N–H and O–H groups in total. The van der Waals surface area contributed by atoms with Gasteiger partial charge in [0.2, 0.25) is 0 Å². The Hall–Kier alpha value is -2.33. The highest BCUT2D eigenvalue weighted by Gasteiger charge is 2.33. The summed E-state index contributed by atoms with van der Waals surface area (Å²) in [6, 6.07) is 11.6. The molecule has 0 radical (unpaired) electrons. The molecule has 1 aliphatic rings. The van der Waals surface area contributed by atoms with Crippen molar-refractivity contribution in [3.8, 4) is 11.5 Å². The predicted octanol–water partition coefficient (Wildman–Crippen LogP) is 6.11. The van der Waals surface area contributed by atoms with Crippen LogP contribution in [0.15, 0.2) is 42.6 Å². The van der Waals surface area contributed by atoms with Crippen LogP contribution in [0.3, 0.4) is 0 Å². The number of nitrogens with one attached hydrogen (secondary N) is 1. The normalized spacial score (nSPS) is 17.2. The number of benzene rings is 2. The van der Waals surface area contributed by atoms with E-state index in [0.29, 0.717) is 34.5 Å². The summed E-state index contributed by atoms with van der Waals surface area (Å²) in [5.41, 5.74) is 2.89. The van der Waals surface area contributed by atoms with Crippen molar-refractivity contribution in [1.29, 1.82) is 0 Å². The van der Waals surface area contributed by atoms with Gasteiger partial charge in [-0.05, 0) is 36.8 Å². The summed E-state index contributed by atoms with van der Waals surface area (Å²) in [6.07, 6.45) is 2.58. The van der Waals surface area contributed by atoms with Crippen LogP contribution in [-0.4, -0.2) is 42.0 Å². The van der Waals surface area contributed by atoms with Gasteiger partial charge in [0.1, 0.15) is 0 Å². The maximum Gasteiger partial charge on any atom is 0.311 e. The summed E-state index contributed by atoms with van der Waals surface area (Å²) >= 11 is 15.5. The van der Waals surface area contributed by atoms with Crippen molar-refractivity contribution >= 4 is 63.6 Å². The summed E-state index contributed by atoms with van der Waals surface area (Å²) in [5, 5.41) is 4.79. The first kappa shape index (κ1) is 25.8. The number of thiazole rings is 1. The SMILES string of the molecule is CCOC(=O)Cc1cnc(C[C@H]2S[C@H](c3cccc(OC)c3OC)c3cc(Cl)ccc3NC2=S)s1. The lowest BCUT2D eigenvalue weighted by molar-refractivity contribution is -0.142. The zero-order chi connectivity index (χ0) is 24.9. The second-order valence-electron chi connectivity index (χ2n) is 7.71. The van der Waals surface area contributed by atoms with Crippen LogP contribution in [-0.2, 0) is 22.4 Å². The number of aromatic nitrogens is 1. The van der Waals surface area contributed by atoms with Crippen LogP contribution in [0.1, 0.15) is 33.2 Å². The Morgan fingerprint density at radius 2 is 2.03 bits per heavy atom. The molecule has 1 aromatic heterocycles. The molecule has 3 aromatic rings. The molecule has 35 heavy (non-hydrogen) atoms. The lowest BCUT2D eigenvalue weighted by Crippen LogP contribution is -2.24. The minimum atomic E-state index is -0.249. The average molecular weight is 549 g/mol. The molecule has 0 saturated heterocycles. The lowest BCUT2D eigenvalue weighted by Gasteiger charge is -2.23. The number of hydrogen-bond donors (Lipinski definition) is 1. The standard InChI is InChI=1S/C25H25ClN2O4S3/c1-4-32-22(29)11-15-13-27-21(34-15)12-20-25(33)28-18-9-8-14(26)10-17(18)24(35-20)16-6-5-7-19(30-2)23(16)31-3/h5-10,13,20,24H,4,11-12H2,1-3H3,(H,28,33)/t20-,24-/m1/s1. The minimum absolute atomic E-state index is 0.0707. The van der Waals surface area contributed by atoms with Crippen molar-refractivity contribution < 1.29 is 19.0 Å². The van der Waals surface area contributed by atoms with E-state index >= 15 is 0 Å². The molecule has 0 bridgehead atoms. The molecule has 0 fully saturated rings. The van der Waals surface area contributed by atoms with E-state index in [0.717, 1.165) is 26.7 Å². The molecular weight excluding hydrogens is 524 g/mol. The number of thiocarbonyl (C=S) groups is 1. The molecule has 0 saturated carbocycles. The fourth-order valence-corrected chi connectivity index (χ4v) is 6.95. The number of para-hydroxylation sites is 1. The molecule has 4 rings (SSSR count). The van der Waals surface area contributed by atoms with Gasteiger partial charge in [-0.15, -0.1) is 23.1 Å². The third-order valence-corrected chi connectivity index (χ3v) is 8.75. The predicted molar refractivity (Wildman–Crippen MR) is 147 cm³/mol. The summed E-state index contributed by atoms with van der Waals surface area (Å²) < 4.78 is 16.4.